The van der Waals surface area contributed by atoms with Gasteiger partial charge in [-0.3, -0.25) is 4.79 Å². The number of fused-ring (bicyclic) bond motifs is 1. The fourth-order valence-electron chi connectivity index (χ4n) is 3.30. The molecule has 0 aliphatic rings. The first-order valence-electron chi connectivity index (χ1n) is 9.29. The van der Waals surface area contributed by atoms with E-state index < -0.39 is 0 Å². The second-order valence-electron chi connectivity index (χ2n) is 6.64. The molecule has 0 aliphatic heterocycles. The highest BCUT2D eigenvalue weighted by molar-refractivity contribution is 5.83. The largest absolute Gasteiger partial charge is 0.436 e. The number of benzene rings is 3. The predicted molar refractivity (Wildman–Crippen MR) is 115 cm³/mol. The molecule has 0 bridgehead atoms. The molecular weight excluding hydrogens is 362 g/mol. The van der Waals surface area contributed by atoms with Gasteiger partial charge in [-0.15, -0.1) is 0 Å². The van der Waals surface area contributed by atoms with Crippen LogP contribution in [0.15, 0.2) is 100 Å². The van der Waals surface area contributed by atoms with Crippen molar-refractivity contribution in [2.45, 2.75) is 0 Å². The van der Waals surface area contributed by atoms with Crippen molar-refractivity contribution in [3.8, 4) is 22.7 Å². The maximum atomic E-state index is 13.1. The van der Waals surface area contributed by atoms with Gasteiger partial charge in [0.1, 0.15) is 11.1 Å². The number of aromatic nitrogens is 2. The number of oxazole rings is 1. The van der Waals surface area contributed by atoms with Crippen molar-refractivity contribution in [2.75, 3.05) is 5.32 Å². The number of rotatable bonds is 4. The first-order valence-corrected chi connectivity index (χ1v) is 9.29. The number of nitrogens with one attached hydrogen (secondary N) is 2. The highest BCUT2D eigenvalue weighted by atomic mass is 16.3. The monoisotopic (exact) mass is 379 g/mol. The third kappa shape index (κ3) is 3.30. The molecule has 2 N–H and O–H groups in total. The molecule has 0 spiro atoms. The highest BCUT2D eigenvalue weighted by Crippen LogP contribution is 2.31. The van der Waals surface area contributed by atoms with E-state index in [1.807, 2.05) is 91.0 Å². The molecule has 5 rings (SSSR count). The zero-order valence-corrected chi connectivity index (χ0v) is 15.4. The summed E-state index contributed by atoms with van der Waals surface area (Å²) in [6, 6.07) is 28.8. The average molecular weight is 379 g/mol. The zero-order valence-electron chi connectivity index (χ0n) is 15.4. The molecule has 0 amide bonds. The van der Waals surface area contributed by atoms with Gasteiger partial charge in [0.05, 0.1) is 11.4 Å². The van der Waals surface area contributed by atoms with Gasteiger partial charge in [0.15, 0.2) is 5.58 Å². The van der Waals surface area contributed by atoms with Crippen molar-refractivity contribution < 1.29 is 4.42 Å². The van der Waals surface area contributed by atoms with E-state index in [0.717, 1.165) is 11.3 Å². The Morgan fingerprint density at radius 1 is 0.828 bits per heavy atom. The van der Waals surface area contributed by atoms with Gasteiger partial charge >= 0.3 is 0 Å². The molecule has 0 saturated carbocycles. The van der Waals surface area contributed by atoms with E-state index in [1.165, 1.54) is 0 Å². The Bertz CT molecular complexity index is 1310. The number of anilines is 2. The molecule has 0 fully saturated rings. The first kappa shape index (κ1) is 17.0. The summed E-state index contributed by atoms with van der Waals surface area (Å²) >= 11 is 0. The number of para-hydroxylation sites is 3. The van der Waals surface area contributed by atoms with Crippen molar-refractivity contribution >= 4 is 22.5 Å². The van der Waals surface area contributed by atoms with Gasteiger partial charge in [-0.25, -0.2) is 4.98 Å². The number of hydrogen-bond acceptors (Lipinski definition) is 4. The SMILES string of the molecule is O=c1[nH]c(-c2ccccc2)cc(Nc2ccccc2)c1-c1nc2ccccc2o1. The summed E-state index contributed by atoms with van der Waals surface area (Å²) in [5.74, 6) is 0.283. The standard InChI is InChI=1S/C24H17N3O2/c28-23-22(24-27-18-13-7-8-14-21(18)29-24)20(25-17-11-5-2-6-12-17)15-19(26-23)16-9-3-1-4-10-16/h1-15H,(H2,25,26,28). The quantitative estimate of drug-likeness (QED) is 0.427. The molecule has 0 atom stereocenters. The van der Waals surface area contributed by atoms with E-state index in [4.69, 9.17) is 4.42 Å². The van der Waals surface area contributed by atoms with Gasteiger partial charge in [0.25, 0.3) is 5.56 Å². The number of H-pyrrole nitrogens is 1. The van der Waals surface area contributed by atoms with Crippen molar-refractivity contribution in [3.63, 3.8) is 0 Å². The molecule has 5 nitrogen and oxygen atoms in total. The van der Waals surface area contributed by atoms with E-state index in [0.29, 0.717) is 28.0 Å². The van der Waals surface area contributed by atoms with E-state index in [-0.39, 0.29) is 11.4 Å². The Balaban J connectivity index is 1.71. The molecule has 2 aromatic heterocycles. The van der Waals surface area contributed by atoms with Crippen LogP contribution >= 0.6 is 0 Å². The van der Waals surface area contributed by atoms with Gasteiger partial charge in [-0.05, 0) is 35.9 Å². The second-order valence-corrected chi connectivity index (χ2v) is 6.64. The minimum absolute atomic E-state index is 0.267. The Labute approximate surface area is 166 Å². The molecule has 0 unspecified atom stereocenters. The molecule has 5 aromatic rings. The molecule has 0 radical (unpaired) electrons. The average Bonchev–Trinajstić information content (AvgIpc) is 3.18. The van der Waals surface area contributed by atoms with Crippen LogP contribution in [0, 0.1) is 0 Å². The number of aromatic amines is 1. The van der Waals surface area contributed by atoms with Crippen LogP contribution in [0.4, 0.5) is 11.4 Å². The van der Waals surface area contributed by atoms with E-state index in [1.54, 1.807) is 0 Å². The van der Waals surface area contributed by atoms with E-state index >= 15 is 0 Å². The fourth-order valence-corrected chi connectivity index (χ4v) is 3.30. The molecule has 29 heavy (non-hydrogen) atoms. The summed E-state index contributed by atoms with van der Waals surface area (Å²) in [7, 11) is 0. The Morgan fingerprint density at radius 2 is 1.52 bits per heavy atom. The summed E-state index contributed by atoms with van der Waals surface area (Å²) in [6.07, 6.45) is 0. The van der Waals surface area contributed by atoms with Crippen LogP contribution in [0.25, 0.3) is 33.8 Å². The number of hydrogen-bond donors (Lipinski definition) is 2. The first-order chi connectivity index (χ1) is 14.3. The highest BCUT2D eigenvalue weighted by Gasteiger charge is 2.18. The normalized spacial score (nSPS) is 10.9. The van der Waals surface area contributed by atoms with Crippen LogP contribution in [0.2, 0.25) is 0 Å². The smallest absolute Gasteiger partial charge is 0.263 e. The van der Waals surface area contributed by atoms with Crippen molar-refractivity contribution in [2.24, 2.45) is 0 Å². The van der Waals surface area contributed by atoms with Gasteiger partial charge in [-0.1, -0.05) is 60.7 Å². The minimum atomic E-state index is -0.267. The second kappa shape index (κ2) is 7.13. The van der Waals surface area contributed by atoms with Gasteiger partial charge < -0.3 is 14.7 Å². The molecule has 5 heteroatoms. The third-order valence-corrected chi connectivity index (χ3v) is 4.68. The summed E-state index contributed by atoms with van der Waals surface area (Å²) in [5, 5.41) is 3.35. The van der Waals surface area contributed by atoms with Crippen LogP contribution in [-0.2, 0) is 0 Å². The van der Waals surface area contributed by atoms with Crippen LogP contribution in [0.3, 0.4) is 0 Å². The van der Waals surface area contributed by atoms with Gasteiger partial charge in [-0.2, -0.15) is 0 Å². The summed E-state index contributed by atoms with van der Waals surface area (Å²) in [4.78, 5) is 20.6. The lowest BCUT2D eigenvalue weighted by Gasteiger charge is -2.12. The van der Waals surface area contributed by atoms with Gasteiger partial charge in [0.2, 0.25) is 5.89 Å². The van der Waals surface area contributed by atoms with Crippen molar-refractivity contribution in [3.05, 3.63) is 101 Å². The van der Waals surface area contributed by atoms with E-state index in [2.05, 4.69) is 15.3 Å². The number of nitrogens with zero attached hydrogens (tertiary/aromatic N) is 1. The topological polar surface area (TPSA) is 70.9 Å². The zero-order chi connectivity index (χ0) is 19.6. The maximum absolute atomic E-state index is 13.1. The Kier molecular flexibility index (Phi) is 4.18. The van der Waals surface area contributed by atoms with Crippen LogP contribution in [0.5, 0.6) is 0 Å². The number of pyridine rings is 1. The minimum Gasteiger partial charge on any atom is -0.436 e. The van der Waals surface area contributed by atoms with Crippen LogP contribution in [-0.4, -0.2) is 9.97 Å². The van der Waals surface area contributed by atoms with E-state index in [9.17, 15) is 4.79 Å². The molecule has 2 heterocycles. The van der Waals surface area contributed by atoms with Crippen molar-refractivity contribution in [1.29, 1.82) is 0 Å². The summed E-state index contributed by atoms with van der Waals surface area (Å²) < 4.78 is 5.89. The molecule has 0 saturated heterocycles. The lowest BCUT2D eigenvalue weighted by Crippen LogP contribution is -2.13. The maximum Gasteiger partial charge on any atom is 0.263 e. The lowest BCUT2D eigenvalue weighted by atomic mass is 10.1. The third-order valence-electron chi connectivity index (χ3n) is 4.68. The van der Waals surface area contributed by atoms with Crippen LogP contribution in [0.1, 0.15) is 0 Å². The lowest BCUT2D eigenvalue weighted by molar-refractivity contribution is 0.619. The summed E-state index contributed by atoms with van der Waals surface area (Å²) in [6.45, 7) is 0. The molecule has 140 valence electrons. The summed E-state index contributed by atoms with van der Waals surface area (Å²) in [5.41, 5.74) is 4.58. The van der Waals surface area contributed by atoms with Crippen molar-refractivity contribution in [1.82, 2.24) is 9.97 Å². The molecule has 0 aliphatic carbocycles. The molecule has 3 aromatic carbocycles. The predicted octanol–water partition coefficient (Wildman–Crippen LogP) is 5.59. The van der Waals surface area contributed by atoms with Crippen LogP contribution < -0.4 is 10.9 Å². The Hall–Kier alpha value is -4.12. The fraction of sp³-hybridized carbons (Fsp3) is 0. The Morgan fingerprint density at radius 3 is 2.28 bits per heavy atom. The molecular formula is C24H17N3O2. The van der Waals surface area contributed by atoms with Gasteiger partial charge in [0, 0.05) is 5.69 Å².